The van der Waals surface area contributed by atoms with Gasteiger partial charge in [0.15, 0.2) is 0 Å². The summed E-state index contributed by atoms with van der Waals surface area (Å²) in [5.41, 5.74) is 1.92. The summed E-state index contributed by atoms with van der Waals surface area (Å²) in [5, 5.41) is 0. The predicted molar refractivity (Wildman–Crippen MR) is 75.1 cm³/mol. The van der Waals surface area contributed by atoms with Gasteiger partial charge in [-0.3, -0.25) is 4.79 Å². The monoisotopic (exact) mass is 246 g/mol. The van der Waals surface area contributed by atoms with Gasteiger partial charge in [-0.2, -0.15) is 0 Å². The zero-order valence-electron chi connectivity index (χ0n) is 11.5. The Morgan fingerprint density at radius 1 is 1.22 bits per heavy atom. The van der Waals surface area contributed by atoms with E-state index >= 15 is 0 Å². The molecular weight excluding hydrogens is 224 g/mol. The molecule has 0 bridgehead atoms. The smallest absolute Gasteiger partial charge is 0.254 e. The normalized spacial score (nSPS) is 19.7. The highest BCUT2D eigenvalue weighted by atomic mass is 16.2. The van der Waals surface area contributed by atoms with Gasteiger partial charge in [0.2, 0.25) is 0 Å². The van der Waals surface area contributed by atoms with Crippen LogP contribution in [0.25, 0.3) is 0 Å². The van der Waals surface area contributed by atoms with E-state index in [1.807, 2.05) is 48.2 Å². The van der Waals surface area contributed by atoms with Crippen molar-refractivity contribution in [3.05, 3.63) is 29.8 Å². The summed E-state index contributed by atoms with van der Waals surface area (Å²) in [6.45, 7) is 3.04. The largest absolute Gasteiger partial charge is 0.378 e. The lowest BCUT2D eigenvalue weighted by Gasteiger charge is -2.33. The molecule has 1 aliphatic heterocycles. The fourth-order valence-corrected chi connectivity index (χ4v) is 2.47. The molecule has 3 heteroatoms. The Morgan fingerprint density at radius 2 is 1.89 bits per heavy atom. The molecule has 0 spiro atoms. The molecule has 1 saturated heterocycles. The third-order valence-corrected chi connectivity index (χ3v) is 3.69. The van der Waals surface area contributed by atoms with E-state index in [2.05, 4.69) is 6.92 Å². The fourth-order valence-electron chi connectivity index (χ4n) is 2.47. The van der Waals surface area contributed by atoms with Crippen LogP contribution in [0.5, 0.6) is 0 Å². The van der Waals surface area contributed by atoms with Gasteiger partial charge in [0.05, 0.1) is 0 Å². The minimum atomic E-state index is 0.174. The van der Waals surface area contributed by atoms with E-state index in [-0.39, 0.29) is 5.91 Å². The molecule has 1 aliphatic rings. The number of anilines is 1. The molecule has 1 fully saturated rings. The molecule has 1 aromatic carbocycles. The number of piperidine rings is 1. The van der Waals surface area contributed by atoms with E-state index in [9.17, 15) is 4.79 Å². The minimum Gasteiger partial charge on any atom is -0.378 e. The van der Waals surface area contributed by atoms with E-state index in [1.54, 1.807) is 0 Å². The number of amides is 1. The lowest BCUT2D eigenvalue weighted by molar-refractivity contribution is 0.0635. The Labute approximate surface area is 109 Å². The molecule has 1 atom stereocenters. The molecule has 0 aliphatic carbocycles. The first-order chi connectivity index (χ1) is 8.59. The van der Waals surface area contributed by atoms with Crippen LogP contribution in [0.3, 0.4) is 0 Å². The van der Waals surface area contributed by atoms with Crippen molar-refractivity contribution in [1.29, 1.82) is 0 Å². The number of benzene rings is 1. The highest BCUT2D eigenvalue weighted by Gasteiger charge is 2.23. The Hall–Kier alpha value is -1.51. The van der Waals surface area contributed by atoms with E-state index in [0.717, 1.165) is 30.6 Å². The molecule has 0 aromatic heterocycles. The SMILES string of the molecule is CC1CCCCN1C(=O)c1ccc(N(C)C)cc1. The van der Waals surface area contributed by atoms with Crippen molar-refractivity contribution < 1.29 is 4.79 Å². The predicted octanol–water partition coefficient (Wildman–Crippen LogP) is 2.77. The molecule has 18 heavy (non-hydrogen) atoms. The number of rotatable bonds is 2. The van der Waals surface area contributed by atoms with Crippen LogP contribution >= 0.6 is 0 Å². The molecule has 1 heterocycles. The average molecular weight is 246 g/mol. The highest BCUT2D eigenvalue weighted by Crippen LogP contribution is 2.20. The van der Waals surface area contributed by atoms with Crippen LogP contribution in [-0.2, 0) is 0 Å². The maximum absolute atomic E-state index is 12.4. The zero-order chi connectivity index (χ0) is 13.1. The molecule has 0 saturated carbocycles. The number of nitrogens with zero attached hydrogens (tertiary/aromatic N) is 2. The first-order valence-corrected chi connectivity index (χ1v) is 6.68. The summed E-state index contributed by atoms with van der Waals surface area (Å²) >= 11 is 0. The van der Waals surface area contributed by atoms with Crippen molar-refractivity contribution in [2.45, 2.75) is 32.2 Å². The van der Waals surface area contributed by atoms with Gasteiger partial charge in [0.1, 0.15) is 0 Å². The topological polar surface area (TPSA) is 23.6 Å². The zero-order valence-corrected chi connectivity index (χ0v) is 11.5. The maximum Gasteiger partial charge on any atom is 0.254 e. The van der Waals surface area contributed by atoms with Gasteiger partial charge in [0, 0.05) is 37.9 Å². The third kappa shape index (κ3) is 2.66. The quantitative estimate of drug-likeness (QED) is 0.801. The molecule has 1 aromatic rings. The Kier molecular flexibility index (Phi) is 3.90. The van der Waals surface area contributed by atoms with Crippen LogP contribution in [0.4, 0.5) is 5.69 Å². The molecule has 3 nitrogen and oxygen atoms in total. The summed E-state index contributed by atoms with van der Waals surface area (Å²) in [6.07, 6.45) is 3.50. The fraction of sp³-hybridized carbons (Fsp3) is 0.533. The van der Waals surface area contributed by atoms with Crippen molar-refractivity contribution in [2.75, 3.05) is 25.5 Å². The van der Waals surface area contributed by atoms with Crippen molar-refractivity contribution in [2.24, 2.45) is 0 Å². The van der Waals surface area contributed by atoms with Crippen LogP contribution in [0.15, 0.2) is 24.3 Å². The van der Waals surface area contributed by atoms with Crippen molar-refractivity contribution in [3.63, 3.8) is 0 Å². The van der Waals surface area contributed by atoms with E-state index in [4.69, 9.17) is 0 Å². The van der Waals surface area contributed by atoms with Gasteiger partial charge in [-0.15, -0.1) is 0 Å². The minimum absolute atomic E-state index is 0.174. The van der Waals surface area contributed by atoms with Gasteiger partial charge in [-0.05, 0) is 50.5 Å². The Balaban J connectivity index is 2.13. The second kappa shape index (κ2) is 5.42. The number of hydrogen-bond acceptors (Lipinski definition) is 2. The Morgan fingerprint density at radius 3 is 2.44 bits per heavy atom. The summed E-state index contributed by atoms with van der Waals surface area (Å²) < 4.78 is 0. The van der Waals surface area contributed by atoms with E-state index < -0.39 is 0 Å². The average Bonchev–Trinajstić information content (AvgIpc) is 2.38. The van der Waals surface area contributed by atoms with Gasteiger partial charge in [-0.1, -0.05) is 0 Å². The second-order valence-electron chi connectivity index (χ2n) is 5.28. The summed E-state index contributed by atoms with van der Waals surface area (Å²) in [5.74, 6) is 0.174. The highest BCUT2D eigenvalue weighted by molar-refractivity contribution is 5.94. The van der Waals surface area contributed by atoms with E-state index in [0.29, 0.717) is 6.04 Å². The van der Waals surface area contributed by atoms with Gasteiger partial charge in [-0.25, -0.2) is 0 Å². The molecule has 98 valence electrons. The van der Waals surface area contributed by atoms with Crippen molar-refractivity contribution in [3.8, 4) is 0 Å². The van der Waals surface area contributed by atoms with Crippen LogP contribution in [0, 0.1) is 0 Å². The number of carbonyl (C=O) groups is 1. The molecule has 1 unspecified atom stereocenters. The van der Waals surface area contributed by atoms with Gasteiger partial charge < -0.3 is 9.80 Å². The second-order valence-corrected chi connectivity index (χ2v) is 5.28. The van der Waals surface area contributed by atoms with Crippen LogP contribution in [-0.4, -0.2) is 37.5 Å². The van der Waals surface area contributed by atoms with Gasteiger partial charge in [0.25, 0.3) is 5.91 Å². The van der Waals surface area contributed by atoms with Gasteiger partial charge >= 0.3 is 0 Å². The first-order valence-electron chi connectivity index (χ1n) is 6.68. The number of likely N-dealkylation sites (tertiary alicyclic amines) is 1. The summed E-state index contributed by atoms with van der Waals surface area (Å²) in [4.78, 5) is 16.5. The lowest BCUT2D eigenvalue weighted by atomic mass is 10.0. The molecule has 2 rings (SSSR count). The summed E-state index contributed by atoms with van der Waals surface area (Å²) in [6, 6.07) is 8.24. The van der Waals surface area contributed by atoms with Crippen LogP contribution < -0.4 is 4.90 Å². The lowest BCUT2D eigenvalue weighted by Crippen LogP contribution is -2.42. The standard InChI is InChI=1S/C15H22N2O/c1-12-6-4-5-11-17(12)15(18)13-7-9-14(10-8-13)16(2)3/h7-10,12H,4-6,11H2,1-3H3. The molecule has 0 N–H and O–H groups in total. The molecule has 1 amide bonds. The van der Waals surface area contributed by atoms with Crippen molar-refractivity contribution >= 4 is 11.6 Å². The summed E-state index contributed by atoms with van der Waals surface area (Å²) in [7, 11) is 4.01. The molecular formula is C15H22N2O. The number of carbonyl (C=O) groups excluding carboxylic acids is 1. The first kappa shape index (κ1) is 12.9. The Bertz CT molecular complexity index is 411. The van der Waals surface area contributed by atoms with Crippen LogP contribution in [0.1, 0.15) is 36.5 Å². The van der Waals surface area contributed by atoms with Crippen molar-refractivity contribution in [1.82, 2.24) is 4.90 Å². The molecule has 0 radical (unpaired) electrons. The van der Waals surface area contributed by atoms with Crippen LogP contribution in [0.2, 0.25) is 0 Å². The maximum atomic E-state index is 12.4. The number of hydrogen-bond donors (Lipinski definition) is 0. The van der Waals surface area contributed by atoms with E-state index in [1.165, 1.54) is 6.42 Å². The third-order valence-electron chi connectivity index (χ3n) is 3.69.